The van der Waals surface area contributed by atoms with Crippen LogP contribution in [0.2, 0.25) is 0 Å². The second-order valence-corrected chi connectivity index (χ2v) is 17.4. The van der Waals surface area contributed by atoms with Gasteiger partial charge in [-0.05, 0) is 73.2 Å². The Kier molecular flexibility index (Phi) is 29.8. The average molecular weight is 879 g/mol. The smallest absolute Gasteiger partial charge is 0.319 e. The Bertz CT molecular complexity index is 1590. The highest BCUT2D eigenvalue weighted by Gasteiger charge is 2.11. The molecule has 8 nitrogen and oxygen atoms in total. The molecule has 4 amide bonds. The van der Waals surface area contributed by atoms with Crippen molar-refractivity contribution in [1.29, 1.82) is 0 Å². The minimum Gasteiger partial charge on any atom is -0.493 e. The topological polar surface area (TPSA) is 101 Å². The molecule has 0 saturated heterocycles. The number of carbonyl (C=O) groups excluding carboxylic acids is 2. The first-order valence-electron chi connectivity index (χ1n) is 25.5. The summed E-state index contributed by atoms with van der Waals surface area (Å²) in [5, 5.41) is 11.7. The van der Waals surface area contributed by atoms with E-state index in [0.29, 0.717) is 26.3 Å². The molecule has 0 radical (unpaired) electrons. The molecule has 0 aliphatic rings. The van der Waals surface area contributed by atoms with Crippen molar-refractivity contribution in [3.8, 4) is 11.5 Å². The summed E-state index contributed by atoms with van der Waals surface area (Å²) in [5.74, 6) is 1.66. The highest BCUT2D eigenvalue weighted by Crippen LogP contribution is 2.33. The zero-order valence-electron chi connectivity index (χ0n) is 40.5. The van der Waals surface area contributed by atoms with Crippen LogP contribution in [0.4, 0.5) is 21.0 Å². The summed E-state index contributed by atoms with van der Waals surface area (Å²) in [6, 6.07) is 19.7. The maximum atomic E-state index is 12.3. The van der Waals surface area contributed by atoms with Gasteiger partial charge in [-0.3, -0.25) is 0 Å². The molecule has 3 rings (SSSR count). The van der Waals surface area contributed by atoms with Crippen molar-refractivity contribution in [2.75, 3.05) is 36.9 Å². The first-order valence-corrected chi connectivity index (χ1v) is 25.5. The predicted molar refractivity (Wildman–Crippen MR) is 276 cm³/mol. The zero-order valence-corrected chi connectivity index (χ0v) is 40.5. The van der Waals surface area contributed by atoms with Gasteiger partial charge in [-0.25, -0.2) is 9.59 Å². The molecular formula is C56H86N4O4. The molecule has 0 aliphatic carbocycles. The number of carbonyl (C=O) groups is 2. The van der Waals surface area contributed by atoms with Crippen molar-refractivity contribution in [2.45, 2.75) is 182 Å². The van der Waals surface area contributed by atoms with Crippen LogP contribution >= 0.6 is 0 Å². The van der Waals surface area contributed by atoms with Gasteiger partial charge in [-0.1, -0.05) is 205 Å². The van der Waals surface area contributed by atoms with E-state index in [0.717, 1.165) is 96.5 Å². The molecule has 8 heteroatoms. The number of hydrogen-bond donors (Lipinski definition) is 4. The summed E-state index contributed by atoms with van der Waals surface area (Å²) >= 11 is 0. The van der Waals surface area contributed by atoms with Crippen LogP contribution in [0.25, 0.3) is 24.3 Å². The summed E-state index contributed by atoms with van der Waals surface area (Å²) in [4.78, 5) is 24.6. The standard InChI is InChI=1S/C56H86N4O4/c1-5-9-13-15-17-19-21-23-25-27-43-63-53-45-50(36-30-48-33-39-52(40-34-48)60-56(62)58-42-12-8-4)54(64-44-28-26-24-22-20-18-16-14-10-6-2)46-49(53)35-29-47-31-37-51(38-32-47)59-55(61)57-41-11-7-3/h29-40,45-46H,5-28,41-44H2,1-4H3,(H2,57,59,61)(H2,58,60,62)/b35-29+,36-30+. The number of rotatable bonds is 36. The molecule has 354 valence electrons. The third-order valence-electron chi connectivity index (χ3n) is 11.5. The van der Waals surface area contributed by atoms with Gasteiger partial charge in [-0.2, -0.15) is 0 Å². The van der Waals surface area contributed by atoms with Gasteiger partial charge < -0.3 is 30.7 Å². The van der Waals surface area contributed by atoms with E-state index in [2.05, 4.69) is 85.4 Å². The van der Waals surface area contributed by atoms with Crippen LogP contribution in [0.15, 0.2) is 60.7 Å². The molecule has 3 aromatic carbocycles. The summed E-state index contributed by atoms with van der Waals surface area (Å²) in [5.41, 5.74) is 5.48. The van der Waals surface area contributed by atoms with E-state index in [1.165, 1.54) is 103 Å². The summed E-state index contributed by atoms with van der Waals surface area (Å²) in [7, 11) is 0. The van der Waals surface area contributed by atoms with Gasteiger partial charge in [0.05, 0.1) is 13.2 Å². The average Bonchev–Trinajstić information content (AvgIpc) is 3.30. The molecular weight excluding hydrogens is 793 g/mol. The van der Waals surface area contributed by atoms with E-state index < -0.39 is 0 Å². The maximum Gasteiger partial charge on any atom is 0.319 e. The Balaban J connectivity index is 1.79. The van der Waals surface area contributed by atoms with Gasteiger partial charge in [0.15, 0.2) is 0 Å². The number of nitrogens with one attached hydrogen (secondary N) is 4. The summed E-state index contributed by atoms with van der Waals surface area (Å²) in [6.07, 6.45) is 37.9. The number of unbranched alkanes of at least 4 members (excludes halogenated alkanes) is 20. The largest absolute Gasteiger partial charge is 0.493 e. The molecule has 0 fully saturated rings. The lowest BCUT2D eigenvalue weighted by Crippen LogP contribution is -2.29. The molecule has 3 aromatic rings. The first-order chi connectivity index (χ1) is 31.4. The van der Waals surface area contributed by atoms with Crippen LogP contribution in [0.3, 0.4) is 0 Å². The quantitative estimate of drug-likeness (QED) is 0.0345. The molecule has 0 heterocycles. The van der Waals surface area contributed by atoms with E-state index in [4.69, 9.17) is 9.47 Å². The highest BCUT2D eigenvalue weighted by atomic mass is 16.5. The molecule has 64 heavy (non-hydrogen) atoms. The van der Waals surface area contributed by atoms with Crippen LogP contribution in [0.5, 0.6) is 11.5 Å². The monoisotopic (exact) mass is 879 g/mol. The fourth-order valence-corrected chi connectivity index (χ4v) is 7.48. The van der Waals surface area contributed by atoms with E-state index >= 15 is 0 Å². The molecule has 0 saturated carbocycles. The second-order valence-electron chi connectivity index (χ2n) is 17.4. The van der Waals surface area contributed by atoms with E-state index in [9.17, 15) is 9.59 Å². The normalized spacial score (nSPS) is 11.3. The SMILES string of the molecule is CCCCCCCCCCCCOc1cc(/C=C/c2ccc(NC(=O)NCCCC)cc2)c(OCCCCCCCCCCCC)cc1/C=C/c1ccc(NC(=O)NCCCC)cc1. The Hall–Kier alpha value is -4.72. The molecule has 0 unspecified atom stereocenters. The fraction of sp³-hybridized carbons (Fsp3) is 0.571. The highest BCUT2D eigenvalue weighted by molar-refractivity contribution is 5.90. The van der Waals surface area contributed by atoms with Gasteiger partial charge in [0.1, 0.15) is 11.5 Å². The first kappa shape index (κ1) is 53.6. The minimum atomic E-state index is -0.184. The van der Waals surface area contributed by atoms with Gasteiger partial charge >= 0.3 is 12.1 Å². The number of amides is 4. The maximum absolute atomic E-state index is 12.3. The molecule has 0 atom stereocenters. The third kappa shape index (κ3) is 24.9. The van der Waals surface area contributed by atoms with Gasteiger partial charge in [0.2, 0.25) is 0 Å². The minimum absolute atomic E-state index is 0.184. The molecule has 4 N–H and O–H groups in total. The van der Waals surface area contributed by atoms with Crippen molar-refractivity contribution < 1.29 is 19.1 Å². The fourth-order valence-electron chi connectivity index (χ4n) is 7.48. The van der Waals surface area contributed by atoms with E-state index in [1.807, 2.05) is 48.5 Å². The van der Waals surface area contributed by atoms with Crippen molar-refractivity contribution >= 4 is 47.7 Å². The van der Waals surface area contributed by atoms with Crippen LogP contribution in [-0.2, 0) is 0 Å². The van der Waals surface area contributed by atoms with Gasteiger partial charge in [0, 0.05) is 35.6 Å². The lowest BCUT2D eigenvalue weighted by Gasteiger charge is -2.16. The number of anilines is 2. The third-order valence-corrected chi connectivity index (χ3v) is 11.5. The van der Waals surface area contributed by atoms with Gasteiger partial charge in [0.25, 0.3) is 0 Å². The van der Waals surface area contributed by atoms with Crippen LogP contribution in [0, 0.1) is 0 Å². The Morgan fingerprint density at radius 3 is 1.05 bits per heavy atom. The zero-order chi connectivity index (χ0) is 45.7. The molecule has 0 bridgehead atoms. The number of hydrogen-bond acceptors (Lipinski definition) is 4. The van der Waals surface area contributed by atoms with Crippen molar-refractivity contribution in [2.24, 2.45) is 0 Å². The summed E-state index contributed by atoms with van der Waals surface area (Å²) in [6.45, 7) is 11.4. The predicted octanol–water partition coefficient (Wildman–Crippen LogP) is 16.5. The lowest BCUT2D eigenvalue weighted by atomic mass is 10.0. The van der Waals surface area contributed by atoms with Crippen molar-refractivity contribution in [3.05, 3.63) is 82.9 Å². The number of ether oxygens (including phenoxy) is 2. The van der Waals surface area contributed by atoms with Crippen molar-refractivity contribution in [1.82, 2.24) is 10.6 Å². The lowest BCUT2D eigenvalue weighted by molar-refractivity contribution is 0.251. The number of urea groups is 2. The van der Waals surface area contributed by atoms with Crippen LogP contribution in [-0.4, -0.2) is 38.4 Å². The molecule has 0 aliphatic heterocycles. The molecule has 0 aromatic heterocycles. The summed E-state index contributed by atoms with van der Waals surface area (Å²) < 4.78 is 13.2. The van der Waals surface area contributed by atoms with Gasteiger partial charge in [-0.15, -0.1) is 0 Å². The van der Waals surface area contributed by atoms with E-state index in [-0.39, 0.29) is 12.1 Å². The van der Waals surface area contributed by atoms with Crippen molar-refractivity contribution in [3.63, 3.8) is 0 Å². The Morgan fingerprint density at radius 2 is 0.719 bits per heavy atom. The molecule has 0 spiro atoms. The van der Waals surface area contributed by atoms with E-state index in [1.54, 1.807) is 0 Å². The Morgan fingerprint density at radius 1 is 0.406 bits per heavy atom. The number of benzene rings is 3. The van der Waals surface area contributed by atoms with Crippen LogP contribution < -0.4 is 30.7 Å². The van der Waals surface area contributed by atoms with Crippen LogP contribution in [0.1, 0.15) is 204 Å². The second kappa shape index (κ2) is 35.6. The Labute approximate surface area is 389 Å².